The molecule has 1 saturated heterocycles. The molecule has 2 N–H and O–H groups in total. The normalized spacial score (nSPS) is 24.1. The molecule has 0 aliphatic carbocycles. The summed E-state index contributed by atoms with van der Waals surface area (Å²) in [5.74, 6) is 0.814. The maximum atomic E-state index is 6.33. The molecule has 18 heavy (non-hydrogen) atoms. The number of nitrogens with two attached hydrogens (primary N) is 1. The zero-order valence-electron chi connectivity index (χ0n) is 11.3. The van der Waals surface area contributed by atoms with Crippen molar-refractivity contribution >= 4 is 11.6 Å². The Bertz CT molecular complexity index is 392. The second-order valence-corrected chi connectivity index (χ2v) is 5.79. The van der Waals surface area contributed by atoms with Gasteiger partial charge in [-0.1, -0.05) is 43.1 Å². The fourth-order valence-corrected chi connectivity index (χ4v) is 3.22. The maximum Gasteiger partial charge on any atom is 0.0511 e. The quantitative estimate of drug-likeness (QED) is 0.904. The number of likely N-dealkylation sites (tertiary alicyclic amines) is 1. The molecule has 0 bridgehead atoms. The maximum absolute atomic E-state index is 6.33. The number of hydrogen-bond acceptors (Lipinski definition) is 2. The molecule has 100 valence electrons. The van der Waals surface area contributed by atoms with Crippen LogP contribution in [0.3, 0.4) is 0 Å². The third-order valence-electron chi connectivity index (χ3n) is 4.01. The Balaban J connectivity index is 2.22. The Morgan fingerprint density at radius 1 is 1.44 bits per heavy atom. The second kappa shape index (κ2) is 6.05. The van der Waals surface area contributed by atoms with Gasteiger partial charge in [-0.2, -0.15) is 0 Å². The molecule has 1 aromatic rings. The van der Waals surface area contributed by atoms with Crippen LogP contribution < -0.4 is 5.73 Å². The molecule has 3 heteroatoms. The molecule has 3 unspecified atom stereocenters. The first kappa shape index (κ1) is 13.9. The van der Waals surface area contributed by atoms with Crippen molar-refractivity contribution in [1.29, 1.82) is 0 Å². The third kappa shape index (κ3) is 2.87. The smallest absolute Gasteiger partial charge is 0.0511 e. The van der Waals surface area contributed by atoms with Gasteiger partial charge in [0.05, 0.1) is 6.04 Å². The molecule has 1 aromatic carbocycles. The van der Waals surface area contributed by atoms with Crippen LogP contribution in [-0.2, 0) is 0 Å². The van der Waals surface area contributed by atoms with Gasteiger partial charge in [0.15, 0.2) is 0 Å². The van der Waals surface area contributed by atoms with Crippen LogP contribution in [0.5, 0.6) is 0 Å². The molecule has 1 aliphatic heterocycles. The van der Waals surface area contributed by atoms with Crippen LogP contribution in [-0.4, -0.2) is 24.0 Å². The number of nitrogens with zero attached hydrogens (tertiary/aromatic N) is 1. The van der Waals surface area contributed by atoms with E-state index in [0.29, 0.717) is 0 Å². The van der Waals surface area contributed by atoms with Gasteiger partial charge in [0, 0.05) is 17.6 Å². The summed E-state index contributed by atoms with van der Waals surface area (Å²) in [7, 11) is 0. The summed E-state index contributed by atoms with van der Waals surface area (Å²) in [5, 5.41) is 0.833. The van der Waals surface area contributed by atoms with E-state index in [2.05, 4.69) is 24.8 Å². The van der Waals surface area contributed by atoms with Crippen molar-refractivity contribution in [1.82, 2.24) is 4.90 Å². The van der Waals surface area contributed by atoms with Crippen molar-refractivity contribution in [2.24, 2.45) is 11.7 Å². The lowest BCUT2D eigenvalue weighted by atomic mass is 9.99. The Kier molecular flexibility index (Phi) is 4.66. The summed E-state index contributed by atoms with van der Waals surface area (Å²) in [5.41, 5.74) is 7.38. The molecule has 0 aromatic heterocycles. The molecule has 1 fully saturated rings. The van der Waals surface area contributed by atoms with Gasteiger partial charge < -0.3 is 5.73 Å². The Labute approximate surface area is 115 Å². The number of benzene rings is 1. The summed E-state index contributed by atoms with van der Waals surface area (Å²) in [6.07, 6.45) is 2.54. The van der Waals surface area contributed by atoms with E-state index in [1.165, 1.54) is 18.4 Å². The fraction of sp³-hybridized carbons (Fsp3) is 0.600. The van der Waals surface area contributed by atoms with E-state index in [-0.39, 0.29) is 12.1 Å². The predicted octanol–water partition coefficient (Wildman–Crippen LogP) is 3.46. The van der Waals surface area contributed by atoms with E-state index in [4.69, 9.17) is 17.3 Å². The van der Waals surface area contributed by atoms with Gasteiger partial charge in [-0.05, 0) is 37.4 Å². The van der Waals surface area contributed by atoms with Crippen molar-refractivity contribution in [3.05, 3.63) is 34.9 Å². The molecular weight excluding hydrogens is 244 g/mol. The lowest BCUT2D eigenvalue weighted by Gasteiger charge is -2.32. The highest BCUT2D eigenvalue weighted by Crippen LogP contribution is 2.33. The number of hydrogen-bond donors (Lipinski definition) is 1. The minimum absolute atomic E-state index is 0.0977. The number of halogens is 1. The molecule has 2 rings (SSSR count). The van der Waals surface area contributed by atoms with Gasteiger partial charge in [-0.15, -0.1) is 0 Å². The first-order chi connectivity index (χ1) is 8.63. The minimum atomic E-state index is 0.0977. The second-order valence-electron chi connectivity index (χ2n) is 5.38. The lowest BCUT2D eigenvalue weighted by Crippen LogP contribution is -2.38. The van der Waals surface area contributed by atoms with Gasteiger partial charge in [0.2, 0.25) is 0 Å². The van der Waals surface area contributed by atoms with Gasteiger partial charge >= 0.3 is 0 Å². The van der Waals surface area contributed by atoms with E-state index >= 15 is 0 Å². The first-order valence-electron chi connectivity index (χ1n) is 6.87. The van der Waals surface area contributed by atoms with Crippen LogP contribution in [0.2, 0.25) is 5.02 Å². The highest BCUT2D eigenvalue weighted by atomic mass is 35.5. The summed E-state index contributed by atoms with van der Waals surface area (Å²) in [6.45, 7) is 6.63. The molecule has 0 saturated carbocycles. The van der Waals surface area contributed by atoms with Gasteiger partial charge in [-0.25, -0.2) is 0 Å². The summed E-state index contributed by atoms with van der Waals surface area (Å²) in [4.78, 5) is 2.50. The van der Waals surface area contributed by atoms with Gasteiger partial charge in [0.25, 0.3) is 0 Å². The zero-order chi connectivity index (χ0) is 13.1. The Morgan fingerprint density at radius 2 is 2.17 bits per heavy atom. The standard InChI is InChI=1S/C15H23ClN2/c1-3-12-8-9-18(10-12)15(11(2)17)13-6-4-5-7-14(13)16/h4-7,11-12,15H,3,8-10,17H2,1-2H3. The fourth-order valence-electron chi connectivity index (χ4n) is 2.98. The number of rotatable bonds is 4. The van der Waals surface area contributed by atoms with Crippen LogP contribution >= 0.6 is 11.6 Å². The molecule has 0 spiro atoms. The molecule has 3 atom stereocenters. The molecule has 1 heterocycles. The van der Waals surface area contributed by atoms with Crippen molar-refractivity contribution < 1.29 is 0 Å². The topological polar surface area (TPSA) is 29.3 Å². The monoisotopic (exact) mass is 266 g/mol. The Hall–Kier alpha value is -0.570. The van der Waals surface area contributed by atoms with Crippen molar-refractivity contribution in [2.45, 2.75) is 38.8 Å². The van der Waals surface area contributed by atoms with Crippen LogP contribution in [0.1, 0.15) is 38.3 Å². The first-order valence-corrected chi connectivity index (χ1v) is 7.25. The van der Waals surface area contributed by atoms with Crippen molar-refractivity contribution in [2.75, 3.05) is 13.1 Å². The summed E-state index contributed by atoms with van der Waals surface area (Å²) >= 11 is 6.33. The molecule has 0 amide bonds. The van der Waals surface area contributed by atoms with Crippen LogP contribution in [0.15, 0.2) is 24.3 Å². The van der Waals surface area contributed by atoms with Gasteiger partial charge in [-0.3, -0.25) is 4.90 Å². The molecule has 2 nitrogen and oxygen atoms in total. The summed E-state index contributed by atoms with van der Waals surface area (Å²) < 4.78 is 0. The van der Waals surface area contributed by atoms with Gasteiger partial charge in [0.1, 0.15) is 0 Å². The minimum Gasteiger partial charge on any atom is -0.326 e. The SMILES string of the molecule is CCC1CCN(C(c2ccccc2Cl)C(C)N)C1. The van der Waals surface area contributed by atoms with E-state index in [1.54, 1.807) is 0 Å². The van der Waals surface area contributed by atoms with Crippen LogP contribution in [0, 0.1) is 5.92 Å². The molecular formula is C15H23ClN2. The molecule has 1 aliphatic rings. The Morgan fingerprint density at radius 3 is 2.72 bits per heavy atom. The predicted molar refractivity (Wildman–Crippen MR) is 77.8 cm³/mol. The van der Waals surface area contributed by atoms with E-state index in [1.807, 2.05) is 18.2 Å². The van der Waals surface area contributed by atoms with Crippen molar-refractivity contribution in [3.8, 4) is 0 Å². The highest BCUT2D eigenvalue weighted by Gasteiger charge is 2.31. The van der Waals surface area contributed by atoms with E-state index in [0.717, 1.165) is 24.0 Å². The van der Waals surface area contributed by atoms with Crippen LogP contribution in [0.4, 0.5) is 0 Å². The largest absolute Gasteiger partial charge is 0.326 e. The molecule has 0 radical (unpaired) electrons. The van der Waals surface area contributed by atoms with Crippen molar-refractivity contribution in [3.63, 3.8) is 0 Å². The summed E-state index contributed by atoms with van der Waals surface area (Å²) in [6, 6.07) is 8.43. The average molecular weight is 267 g/mol. The van der Waals surface area contributed by atoms with Crippen LogP contribution in [0.25, 0.3) is 0 Å². The van der Waals surface area contributed by atoms with E-state index < -0.39 is 0 Å². The van der Waals surface area contributed by atoms with E-state index in [9.17, 15) is 0 Å². The third-order valence-corrected chi connectivity index (χ3v) is 4.35. The zero-order valence-corrected chi connectivity index (χ0v) is 12.0. The lowest BCUT2D eigenvalue weighted by molar-refractivity contribution is 0.210. The highest BCUT2D eigenvalue weighted by molar-refractivity contribution is 6.31. The average Bonchev–Trinajstić information content (AvgIpc) is 2.80.